The third-order valence-electron chi connectivity index (χ3n) is 5.37. The molecular weight excluding hydrogens is 434 g/mol. The first-order valence-corrected chi connectivity index (χ1v) is 11.7. The zero-order valence-corrected chi connectivity index (χ0v) is 19.0. The molecule has 5 aromatic rings. The minimum Gasteiger partial charge on any atom is -0.461 e. The van der Waals surface area contributed by atoms with Gasteiger partial charge in [0.05, 0.1) is 18.6 Å². The fourth-order valence-electron chi connectivity index (χ4n) is 3.77. The molecule has 5 rings (SSSR count). The van der Waals surface area contributed by atoms with Crippen molar-refractivity contribution < 1.29 is 9.21 Å². The van der Waals surface area contributed by atoms with E-state index in [1.54, 1.807) is 6.26 Å². The van der Waals surface area contributed by atoms with Crippen LogP contribution in [0, 0.1) is 0 Å². The zero-order valence-electron chi connectivity index (χ0n) is 18.1. The number of hydrogen-bond donors (Lipinski definition) is 1. The lowest BCUT2D eigenvalue weighted by atomic mass is 10.2. The standard InChI is InChI=1S/C25H23N5O2S/c1-2-29-13-12-19-15-20(10-11-21(19)29)26-23(31)17-33-25-28-27-24(22-9-6-14-32-22)30(25)16-18-7-4-3-5-8-18/h3-15H,2,16-17H2,1H3,(H,26,31). The Hall–Kier alpha value is -3.78. The third kappa shape index (κ3) is 4.56. The van der Waals surface area contributed by atoms with Gasteiger partial charge in [-0.15, -0.1) is 10.2 Å². The number of aromatic nitrogens is 4. The highest BCUT2D eigenvalue weighted by Gasteiger charge is 2.18. The molecule has 0 fully saturated rings. The summed E-state index contributed by atoms with van der Waals surface area (Å²) in [5.41, 5.74) is 3.05. The van der Waals surface area contributed by atoms with E-state index in [0.29, 0.717) is 23.3 Å². The minimum atomic E-state index is -0.0944. The second-order valence-corrected chi connectivity index (χ2v) is 8.51. The number of carbonyl (C=O) groups excluding carboxylic acids is 1. The first kappa shape index (κ1) is 21.1. The summed E-state index contributed by atoms with van der Waals surface area (Å²) in [7, 11) is 0. The smallest absolute Gasteiger partial charge is 0.234 e. The molecule has 3 aromatic heterocycles. The summed E-state index contributed by atoms with van der Waals surface area (Å²) in [4.78, 5) is 12.7. The largest absolute Gasteiger partial charge is 0.461 e. The van der Waals surface area contributed by atoms with Crippen LogP contribution in [0.4, 0.5) is 5.69 Å². The van der Waals surface area contributed by atoms with Gasteiger partial charge >= 0.3 is 0 Å². The molecule has 0 aliphatic rings. The number of thioether (sulfide) groups is 1. The van der Waals surface area contributed by atoms with Crippen LogP contribution >= 0.6 is 11.8 Å². The molecule has 0 saturated heterocycles. The summed E-state index contributed by atoms with van der Waals surface area (Å²) in [5.74, 6) is 1.40. The van der Waals surface area contributed by atoms with Crippen molar-refractivity contribution in [2.45, 2.75) is 25.2 Å². The maximum absolute atomic E-state index is 12.7. The minimum absolute atomic E-state index is 0.0944. The summed E-state index contributed by atoms with van der Waals surface area (Å²) < 4.78 is 9.70. The molecule has 166 valence electrons. The average Bonchev–Trinajstić information content (AvgIpc) is 3.58. The molecule has 0 spiro atoms. The first-order chi connectivity index (χ1) is 16.2. The van der Waals surface area contributed by atoms with Gasteiger partial charge in [-0.2, -0.15) is 0 Å². The van der Waals surface area contributed by atoms with Crippen LogP contribution in [0.1, 0.15) is 12.5 Å². The Morgan fingerprint density at radius 2 is 1.94 bits per heavy atom. The van der Waals surface area contributed by atoms with Gasteiger partial charge in [-0.3, -0.25) is 9.36 Å². The molecule has 2 aromatic carbocycles. The molecule has 7 nitrogen and oxygen atoms in total. The monoisotopic (exact) mass is 457 g/mol. The lowest BCUT2D eigenvalue weighted by Crippen LogP contribution is -2.14. The van der Waals surface area contributed by atoms with Crippen molar-refractivity contribution in [3.05, 3.63) is 84.8 Å². The van der Waals surface area contributed by atoms with Gasteiger partial charge in [0.1, 0.15) is 0 Å². The van der Waals surface area contributed by atoms with E-state index in [2.05, 4.69) is 51.4 Å². The van der Waals surface area contributed by atoms with Gasteiger partial charge in [0.2, 0.25) is 11.7 Å². The van der Waals surface area contributed by atoms with Crippen molar-refractivity contribution in [2.75, 3.05) is 11.1 Å². The van der Waals surface area contributed by atoms with Gasteiger partial charge in [-0.1, -0.05) is 42.1 Å². The molecule has 1 amide bonds. The number of hydrogen-bond acceptors (Lipinski definition) is 5. The van der Waals surface area contributed by atoms with Gasteiger partial charge in [-0.25, -0.2) is 0 Å². The van der Waals surface area contributed by atoms with Crippen LogP contribution in [-0.4, -0.2) is 31.0 Å². The number of rotatable bonds is 8. The summed E-state index contributed by atoms with van der Waals surface area (Å²) in [6, 6.07) is 21.8. The Labute approximate surface area is 195 Å². The van der Waals surface area contributed by atoms with Gasteiger partial charge < -0.3 is 14.3 Å². The lowest BCUT2D eigenvalue weighted by molar-refractivity contribution is -0.113. The summed E-state index contributed by atoms with van der Waals surface area (Å²) in [5, 5.41) is 13.4. The van der Waals surface area contributed by atoms with E-state index in [9.17, 15) is 4.79 Å². The normalized spacial score (nSPS) is 11.2. The molecule has 33 heavy (non-hydrogen) atoms. The van der Waals surface area contributed by atoms with E-state index in [-0.39, 0.29) is 11.7 Å². The maximum atomic E-state index is 12.7. The van der Waals surface area contributed by atoms with E-state index in [1.165, 1.54) is 11.8 Å². The molecule has 0 atom stereocenters. The van der Waals surface area contributed by atoms with Crippen LogP contribution in [0.2, 0.25) is 0 Å². The SMILES string of the molecule is CCn1ccc2cc(NC(=O)CSc3nnc(-c4ccco4)n3Cc3ccccc3)ccc21. The number of furan rings is 1. The fourth-order valence-corrected chi connectivity index (χ4v) is 4.51. The van der Waals surface area contributed by atoms with E-state index in [1.807, 2.05) is 53.1 Å². The average molecular weight is 458 g/mol. The number of amides is 1. The maximum Gasteiger partial charge on any atom is 0.234 e. The second kappa shape index (κ2) is 9.38. The Morgan fingerprint density at radius 3 is 2.73 bits per heavy atom. The molecule has 3 heterocycles. The van der Waals surface area contributed by atoms with Gasteiger partial charge in [0.15, 0.2) is 10.9 Å². The van der Waals surface area contributed by atoms with Crippen molar-refractivity contribution in [1.29, 1.82) is 0 Å². The number of anilines is 1. The molecule has 0 saturated carbocycles. The Bertz CT molecular complexity index is 1370. The summed E-state index contributed by atoms with van der Waals surface area (Å²) in [6.45, 7) is 3.61. The number of carbonyl (C=O) groups is 1. The van der Waals surface area contributed by atoms with Crippen LogP contribution in [-0.2, 0) is 17.9 Å². The van der Waals surface area contributed by atoms with E-state index < -0.39 is 0 Å². The Morgan fingerprint density at radius 1 is 1.06 bits per heavy atom. The topological polar surface area (TPSA) is 77.9 Å². The predicted octanol–water partition coefficient (Wildman–Crippen LogP) is 5.29. The number of benzene rings is 2. The lowest BCUT2D eigenvalue weighted by Gasteiger charge is -2.10. The quantitative estimate of drug-likeness (QED) is 0.320. The van der Waals surface area contributed by atoms with Gasteiger partial charge in [0.25, 0.3) is 0 Å². The predicted molar refractivity (Wildman–Crippen MR) is 130 cm³/mol. The molecule has 1 N–H and O–H groups in total. The highest BCUT2D eigenvalue weighted by Crippen LogP contribution is 2.26. The molecule has 0 bridgehead atoms. The molecule has 0 unspecified atom stereocenters. The molecule has 0 aliphatic heterocycles. The number of nitrogens with one attached hydrogen (secondary N) is 1. The van der Waals surface area contributed by atoms with Crippen LogP contribution in [0.25, 0.3) is 22.5 Å². The molecule has 0 radical (unpaired) electrons. The van der Waals surface area contributed by atoms with Crippen LogP contribution < -0.4 is 5.32 Å². The fraction of sp³-hybridized carbons (Fsp3) is 0.160. The zero-order chi connectivity index (χ0) is 22.6. The van der Waals surface area contributed by atoms with E-state index in [0.717, 1.165) is 28.7 Å². The molecule has 8 heteroatoms. The second-order valence-electron chi connectivity index (χ2n) is 7.57. The van der Waals surface area contributed by atoms with Crippen molar-refractivity contribution in [3.8, 4) is 11.6 Å². The van der Waals surface area contributed by atoms with Gasteiger partial charge in [0, 0.05) is 29.3 Å². The van der Waals surface area contributed by atoms with Gasteiger partial charge in [-0.05, 0) is 48.9 Å². The Kier molecular flexibility index (Phi) is 5.99. The number of fused-ring (bicyclic) bond motifs is 1. The van der Waals surface area contributed by atoms with Crippen LogP contribution in [0.5, 0.6) is 0 Å². The van der Waals surface area contributed by atoms with Crippen molar-refractivity contribution in [1.82, 2.24) is 19.3 Å². The number of nitrogens with zero attached hydrogens (tertiary/aromatic N) is 4. The Balaban J connectivity index is 1.31. The molecule has 0 aliphatic carbocycles. The molecular formula is C25H23N5O2S. The highest BCUT2D eigenvalue weighted by atomic mass is 32.2. The third-order valence-corrected chi connectivity index (χ3v) is 6.34. The summed E-state index contributed by atoms with van der Waals surface area (Å²) >= 11 is 1.35. The van der Waals surface area contributed by atoms with Crippen LogP contribution in [0.15, 0.2) is 88.8 Å². The summed E-state index contributed by atoms with van der Waals surface area (Å²) in [6.07, 6.45) is 3.67. The van der Waals surface area contributed by atoms with E-state index >= 15 is 0 Å². The highest BCUT2D eigenvalue weighted by molar-refractivity contribution is 7.99. The van der Waals surface area contributed by atoms with Crippen LogP contribution in [0.3, 0.4) is 0 Å². The van der Waals surface area contributed by atoms with E-state index in [4.69, 9.17) is 4.42 Å². The first-order valence-electron chi connectivity index (χ1n) is 10.7. The van der Waals surface area contributed by atoms with Crippen molar-refractivity contribution in [2.24, 2.45) is 0 Å². The number of aryl methyl sites for hydroxylation is 1. The van der Waals surface area contributed by atoms with Crippen molar-refractivity contribution >= 4 is 34.3 Å². The van der Waals surface area contributed by atoms with Crippen molar-refractivity contribution in [3.63, 3.8) is 0 Å².